The van der Waals surface area contributed by atoms with Crippen LogP contribution in [0.5, 0.6) is 0 Å². The molecular formula is C16H28N4. The maximum Gasteiger partial charge on any atom is 0.225 e. The third kappa shape index (κ3) is 4.66. The lowest BCUT2D eigenvalue weighted by Gasteiger charge is -2.18. The van der Waals surface area contributed by atoms with Gasteiger partial charge in [-0.1, -0.05) is 32.6 Å². The van der Waals surface area contributed by atoms with E-state index in [0.29, 0.717) is 12.1 Å². The van der Waals surface area contributed by atoms with Crippen LogP contribution in [0.3, 0.4) is 0 Å². The first-order chi connectivity index (χ1) is 9.67. The second kappa shape index (κ2) is 7.46. The molecule has 0 aliphatic heterocycles. The molecule has 1 fully saturated rings. The first-order valence-electron chi connectivity index (χ1n) is 8.06. The van der Waals surface area contributed by atoms with Gasteiger partial charge in [-0.2, -0.15) is 4.98 Å². The SMILES string of the molecule is CCC(C)Nc1nc(C)cc(NC2CCCCCC2)n1. The minimum absolute atomic E-state index is 0.405. The molecule has 112 valence electrons. The summed E-state index contributed by atoms with van der Waals surface area (Å²) in [5.41, 5.74) is 1.02. The number of nitrogens with zero attached hydrogens (tertiary/aromatic N) is 2. The van der Waals surface area contributed by atoms with Gasteiger partial charge in [-0.05, 0) is 33.1 Å². The molecule has 4 heteroatoms. The molecular weight excluding hydrogens is 248 g/mol. The third-order valence-corrected chi connectivity index (χ3v) is 4.05. The number of rotatable bonds is 5. The van der Waals surface area contributed by atoms with Gasteiger partial charge >= 0.3 is 0 Å². The molecule has 1 saturated carbocycles. The van der Waals surface area contributed by atoms with Crippen LogP contribution in [0.1, 0.15) is 64.5 Å². The van der Waals surface area contributed by atoms with Crippen molar-refractivity contribution in [3.63, 3.8) is 0 Å². The molecule has 1 aromatic heterocycles. The van der Waals surface area contributed by atoms with Crippen LogP contribution in [-0.2, 0) is 0 Å². The molecule has 1 heterocycles. The number of hydrogen-bond acceptors (Lipinski definition) is 4. The van der Waals surface area contributed by atoms with Crippen molar-refractivity contribution in [2.45, 2.75) is 77.8 Å². The van der Waals surface area contributed by atoms with E-state index in [1.54, 1.807) is 0 Å². The number of aromatic nitrogens is 2. The zero-order valence-electron chi connectivity index (χ0n) is 13.1. The van der Waals surface area contributed by atoms with Gasteiger partial charge in [0.05, 0.1) is 0 Å². The Labute approximate surface area is 122 Å². The Bertz CT molecular complexity index is 411. The predicted molar refractivity (Wildman–Crippen MR) is 85.3 cm³/mol. The van der Waals surface area contributed by atoms with Crippen LogP contribution in [-0.4, -0.2) is 22.1 Å². The molecule has 1 unspecified atom stereocenters. The average molecular weight is 276 g/mol. The molecule has 1 aliphatic carbocycles. The molecule has 0 radical (unpaired) electrons. The highest BCUT2D eigenvalue weighted by atomic mass is 15.2. The maximum atomic E-state index is 4.61. The summed E-state index contributed by atoms with van der Waals surface area (Å²) < 4.78 is 0. The summed E-state index contributed by atoms with van der Waals surface area (Å²) in [4.78, 5) is 9.08. The fraction of sp³-hybridized carbons (Fsp3) is 0.750. The molecule has 20 heavy (non-hydrogen) atoms. The second-order valence-electron chi connectivity index (χ2n) is 6.00. The van der Waals surface area contributed by atoms with E-state index >= 15 is 0 Å². The fourth-order valence-corrected chi connectivity index (χ4v) is 2.66. The van der Waals surface area contributed by atoms with Crippen LogP contribution in [0.2, 0.25) is 0 Å². The van der Waals surface area contributed by atoms with Gasteiger partial charge in [0.15, 0.2) is 0 Å². The van der Waals surface area contributed by atoms with E-state index in [1.165, 1.54) is 38.5 Å². The molecule has 0 bridgehead atoms. The van der Waals surface area contributed by atoms with Gasteiger partial charge in [0.2, 0.25) is 5.95 Å². The number of nitrogens with one attached hydrogen (secondary N) is 2. The monoisotopic (exact) mass is 276 g/mol. The molecule has 0 aromatic carbocycles. The Balaban J connectivity index is 2.02. The van der Waals surface area contributed by atoms with Crippen molar-refractivity contribution in [1.29, 1.82) is 0 Å². The van der Waals surface area contributed by atoms with Gasteiger partial charge < -0.3 is 10.6 Å². The Morgan fingerprint density at radius 1 is 1.20 bits per heavy atom. The average Bonchev–Trinajstić information content (AvgIpc) is 2.66. The molecule has 0 spiro atoms. The summed E-state index contributed by atoms with van der Waals surface area (Å²) in [6, 6.07) is 3.03. The summed E-state index contributed by atoms with van der Waals surface area (Å²) in [5, 5.41) is 6.96. The first-order valence-corrected chi connectivity index (χ1v) is 8.06. The van der Waals surface area contributed by atoms with Gasteiger partial charge in [0, 0.05) is 23.8 Å². The van der Waals surface area contributed by atoms with Gasteiger partial charge in [0.25, 0.3) is 0 Å². The highest BCUT2D eigenvalue weighted by Gasteiger charge is 2.13. The third-order valence-electron chi connectivity index (χ3n) is 4.05. The van der Waals surface area contributed by atoms with Gasteiger partial charge in [0.1, 0.15) is 5.82 Å². The maximum absolute atomic E-state index is 4.61. The van der Waals surface area contributed by atoms with Crippen molar-refractivity contribution in [3.05, 3.63) is 11.8 Å². The summed E-state index contributed by atoms with van der Waals surface area (Å²) in [6.07, 6.45) is 9.01. The first kappa shape index (κ1) is 15.1. The molecule has 2 rings (SSSR count). The number of aryl methyl sites for hydroxylation is 1. The summed E-state index contributed by atoms with van der Waals surface area (Å²) >= 11 is 0. The van der Waals surface area contributed by atoms with E-state index in [-0.39, 0.29) is 0 Å². The molecule has 0 amide bonds. The Morgan fingerprint density at radius 2 is 1.90 bits per heavy atom. The normalized spacial score (nSPS) is 18.4. The lowest BCUT2D eigenvalue weighted by Crippen LogP contribution is -2.21. The van der Waals surface area contributed by atoms with Crippen LogP contribution in [0.4, 0.5) is 11.8 Å². The highest BCUT2D eigenvalue weighted by molar-refractivity contribution is 5.43. The van der Waals surface area contributed by atoms with Crippen molar-refractivity contribution in [2.75, 3.05) is 10.6 Å². The lowest BCUT2D eigenvalue weighted by atomic mass is 10.1. The van der Waals surface area contributed by atoms with E-state index in [1.807, 2.05) is 13.0 Å². The Hall–Kier alpha value is -1.32. The minimum Gasteiger partial charge on any atom is -0.367 e. The highest BCUT2D eigenvalue weighted by Crippen LogP contribution is 2.21. The lowest BCUT2D eigenvalue weighted by molar-refractivity contribution is 0.617. The molecule has 1 aromatic rings. The van der Waals surface area contributed by atoms with Crippen molar-refractivity contribution in [1.82, 2.24) is 9.97 Å². The van der Waals surface area contributed by atoms with Crippen LogP contribution in [0.15, 0.2) is 6.07 Å². The largest absolute Gasteiger partial charge is 0.367 e. The smallest absolute Gasteiger partial charge is 0.225 e. The number of hydrogen-bond donors (Lipinski definition) is 2. The Morgan fingerprint density at radius 3 is 2.55 bits per heavy atom. The fourth-order valence-electron chi connectivity index (χ4n) is 2.66. The topological polar surface area (TPSA) is 49.8 Å². The van der Waals surface area contributed by atoms with Crippen LogP contribution in [0, 0.1) is 6.92 Å². The molecule has 0 saturated heterocycles. The standard InChI is InChI=1S/C16H28N4/c1-4-12(2)17-16-18-13(3)11-15(20-16)19-14-9-7-5-6-8-10-14/h11-12,14H,4-10H2,1-3H3,(H2,17,18,19,20). The summed E-state index contributed by atoms with van der Waals surface area (Å²) in [6.45, 7) is 6.35. The number of anilines is 2. The van der Waals surface area contributed by atoms with Gasteiger partial charge in [-0.15, -0.1) is 0 Å². The van der Waals surface area contributed by atoms with Crippen LogP contribution in [0.25, 0.3) is 0 Å². The predicted octanol–water partition coefficient (Wildman–Crippen LogP) is 4.13. The van der Waals surface area contributed by atoms with Gasteiger partial charge in [-0.25, -0.2) is 4.98 Å². The van der Waals surface area contributed by atoms with Crippen molar-refractivity contribution < 1.29 is 0 Å². The molecule has 1 atom stereocenters. The van der Waals surface area contributed by atoms with E-state index < -0.39 is 0 Å². The van der Waals surface area contributed by atoms with E-state index in [0.717, 1.165) is 23.9 Å². The molecule has 1 aliphatic rings. The second-order valence-corrected chi connectivity index (χ2v) is 6.00. The van der Waals surface area contributed by atoms with Crippen molar-refractivity contribution >= 4 is 11.8 Å². The van der Waals surface area contributed by atoms with Gasteiger partial charge in [-0.3, -0.25) is 0 Å². The van der Waals surface area contributed by atoms with Crippen molar-refractivity contribution in [3.8, 4) is 0 Å². The van der Waals surface area contributed by atoms with Crippen molar-refractivity contribution in [2.24, 2.45) is 0 Å². The molecule has 2 N–H and O–H groups in total. The van der Waals surface area contributed by atoms with E-state index in [4.69, 9.17) is 0 Å². The zero-order chi connectivity index (χ0) is 14.4. The minimum atomic E-state index is 0.405. The van der Waals surface area contributed by atoms with Crippen LogP contribution < -0.4 is 10.6 Å². The zero-order valence-corrected chi connectivity index (χ0v) is 13.1. The quantitative estimate of drug-likeness (QED) is 0.794. The summed E-state index contributed by atoms with van der Waals surface area (Å²) in [7, 11) is 0. The van der Waals surface area contributed by atoms with E-state index in [9.17, 15) is 0 Å². The van der Waals surface area contributed by atoms with Crippen LogP contribution >= 0.6 is 0 Å². The summed E-state index contributed by atoms with van der Waals surface area (Å²) in [5.74, 6) is 1.71. The molecule has 4 nitrogen and oxygen atoms in total. The Kier molecular flexibility index (Phi) is 5.62. The van der Waals surface area contributed by atoms with E-state index in [2.05, 4.69) is 34.4 Å².